The van der Waals surface area contributed by atoms with E-state index in [-0.39, 0.29) is 5.91 Å². The zero-order valence-corrected chi connectivity index (χ0v) is 9.41. The van der Waals surface area contributed by atoms with Crippen LogP contribution in [0.1, 0.15) is 12.5 Å². The highest BCUT2D eigenvalue weighted by Crippen LogP contribution is 2.19. The van der Waals surface area contributed by atoms with Gasteiger partial charge in [-0.15, -0.1) is 0 Å². The van der Waals surface area contributed by atoms with Crippen molar-refractivity contribution >= 4 is 32.1 Å². The molecule has 0 atom stereocenters. The van der Waals surface area contributed by atoms with Crippen LogP contribution in [0.25, 0.3) is 3.58 Å². The number of halogens is 1. The molecule has 0 fully saturated rings. The summed E-state index contributed by atoms with van der Waals surface area (Å²) in [6.45, 7) is 1.49. The van der Waals surface area contributed by atoms with Crippen LogP contribution >= 0.6 is 22.6 Å². The smallest absolute Gasteiger partial charge is 0.220 e. The van der Waals surface area contributed by atoms with Crippen molar-refractivity contribution in [3.8, 4) is 0 Å². The molecule has 0 bridgehead atoms. The van der Waals surface area contributed by atoms with Gasteiger partial charge in [-0.3, -0.25) is 4.79 Å². The zero-order valence-electron chi connectivity index (χ0n) is 7.25. The molecule has 0 heterocycles. The molecule has 0 spiro atoms. The Morgan fingerprint density at radius 3 is 2.54 bits per heavy atom. The molecule has 1 N–H and O–H groups in total. The number of carbonyl (C=O) groups is 1. The molecule has 0 aliphatic rings. The lowest BCUT2D eigenvalue weighted by Crippen LogP contribution is -2.11. The summed E-state index contributed by atoms with van der Waals surface area (Å²) in [6, 6.07) is 9.90. The molecule has 13 heavy (non-hydrogen) atoms. The largest absolute Gasteiger partial charge is 0.332 e. The topological polar surface area (TPSA) is 29.1 Å². The first kappa shape index (κ1) is 10.2. The van der Waals surface area contributed by atoms with Crippen molar-refractivity contribution in [3.63, 3.8) is 0 Å². The summed E-state index contributed by atoms with van der Waals surface area (Å²) in [5.74, 6) is -0.0508. The Morgan fingerprint density at radius 2 is 2.00 bits per heavy atom. The maximum Gasteiger partial charge on any atom is 0.220 e. The van der Waals surface area contributed by atoms with Crippen molar-refractivity contribution in [3.05, 3.63) is 42.1 Å². The summed E-state index contributed by atoms with van der Waals surface area (Å²) in [6.07, 6.45) is 1.71. The molecule has 1 amide bonds. The lowest BCUT2D eigenvalue weighted by molar-refractivity contribution is -0.118. The van der Waals surface area contributed by atoms with E-state index in [1.54, 1.807) is 6.20 Å². The van der Waals surface area contributed by atoms with Gasteiger partial charge in [0.1, 0.15) is 0 Å². The predicted molar refractivity (Wildman–Crippen MR) is 62.3 cm³/mol. The first-order valence-corrected chi connectivity index (χ1v) is 4.96. The highest BCUT2D eigenvalue weighted by atomic mass is 127. The van der Waals surface area contributed by atoms with Gasteiger partial charge >= 0.3 is 0 Å². The fraction of sp³-hybridized carbons (Fsp3) is 0.100. The number of hydrogen-bond donors (Lipinski definition) is 1. The summed E-state index contributed by atoms with van der Waals surface area (Å²) >= 11 is 2.19. The van der Waals surface area contributed by atoms with Crippen molar-refractivity contribution in [2.45, 2.75) is 6.92 Å². The fourth-order valence-electron chi connectivity index (χ4n) is 0.846. The van der Waals surface area contributed by atoms with Gasteiger partial charge in [0.2, 0.25) is 5.91 Å². The third kappa shape index (κ3) is 3.59. The first-order chi connectivity index (χ1) is 6.20. The lowest BCUT2D eigenvalue weighted by atomic mass is 10.2. The molecular formula is C10H10INO. The molecule has 1 rings (SSSR count). The molecule has 0 radical (unpaired) electrons. The Kier molecular flexibility index (Phi) is 3.95. The van der Waals surface area contributed by atoms with Gasteiger partial charge in [0.25, 0.3) is 0 Å². The Bertz CT molecular complexity index is 319. The van der Waals surface area contributed by atoms with E-state index in [4.69, 9.17) is 0 Å². The average molecular weight is 287 g/mol. The first-order valence-electron chi connectivity index (χ1n) is 3.88. The van der Waals surface area contributed by atoms with E-state index < -0.39 is 0 Å². The van der Waals surface area contributed by atoms with E-state index in [0.717, 1.165) is 9.14 Å². The molecule has 3 heteroatoms. The van der Waals surface area contributed by atoms with Crippen LogP contribution in [0.3, 0.4) is 0 Å². The monoisotopic (exact) mass is 287 g/mol. The van der Waals surface area contributed by atoms with E-state index in [0.29, 0.717) is 0 Å². The van der Waals surface area contributed by atoms with Crippen LogP contribution in [-0.4, -0.2) is 5.91 Å². The molecule has 0 aliphatic heterocycles. The number of nitrogens with one attached hydrogen (secondary N) is 1. The van der Waals surface area contributed by atoms with Crippen LogP contribution in [0.4, 0.5) is 0 Å². The van der Waals surface area contributed by atoms with Crippen LogP contribution < -0.4 is 5.32 Å². The zero-order chi connectivity index (χ0) is 9.68. The number of benzene rings is 1. The van der Waals surface area contributed by atoms with Gasteiger partial charge in [-0.25, -0.2) is 0 Å². The quantitative estimate of drug-likeness (QED) is 0.832. The van der Waals surface area contributed by atoms with Gasteiger partial charge in [-0.05, 0) is 28.2 Å². The molecule has 1 aromatic carbocycles. The minimum atomic E-state index is -0.0508. The van der Waals surface area contributed by atoms with Crippen LogP contribution in [0.2, 0.25) is 0 Å². The van der Waals surface area contributed by atoms with Crippen molar-refractivity contribution in [1.82, 2.24) is 5.32 Å². The second-order valence-electron chi connectivity index (χ2n) is 2.56. The summed E-state index contributed by atoms with van der Waals surface area (Å²) < 4.78 is 1.02. The summed E-state index contributed by atoms with van der Waals surface area (Å²) in [4.78, 5) is 10.6. The molecule has 1 aromatic rings. The number of rotatable bonds is 2. The van der Waals surface area contributed by atoms with Crippen molar-refractivity contribution in [2.24, 2.45) is 0 Å². The predicted octanol–water partition coefficient (Wildman–Crippen LogP) is 2.56. The maximum absolute atomic E-state index is 10.6. The second-order valence-corrected chi connectivity index (χ2v) is 3.72. The van der Waals surface area contributed by atoms with E-state index in [9.17, 15) is 4.79 Å². The third-order valence-corrected chi connectivity index (χ3v) is 2.39. The van der Waals surface area contributed by atoms with Crippen molar-refractivity contribution in [2.75, 3.05) is 0 Å². The Hall–Kier alpha value is -0.840. The normalized spacial score (nSPS) is 11.1. The molecular weight excluding hydrogens is 277 g/mol. The highest BCUT2D eigenvalue weighted by Gasteiger charge is 1.95. The van der Waals surface area contributed by atoms with Gasteiger partial charge in [0, 0.05) is 16.7 Å². The van der Waals surface area contributed by atoms with E-state index in [1.165, 1.54) is 6.92 Å². The minimum Gasteiger partial charge on any atom is -0.332 e. The average Bonchev–Trinajstić information content (AvgIpc) is 2.15. The Balaban J connectivity index is 2.73. The minimum absolute atomic E-state index is 0.0508. The van der Waals surface area contributed by atoms with Crippen molar-refractivity contribution in [1.29, 1.82) is 0 Å². The van der Waals surface area contributed by atoms with Gasteiger partial charge in [-0.2, -0.15) is 0 Å². The molecule has 0 aliphatic carbocycles. The Morgan fingerprint density at radius 1 is 1.38 bits per heavy atom. The van der Waals surface area contributed by atoms with E-state index >= 15 is 0 Å². The number of hydrogen-bond acceptors (Lipinski definition) is 1. The van der Waals surface area contributed by atoms with Gasteiger partial charge in [-0.1, -0.05) is 30.3 Å². The number of carbonyl (C=O) groups excluding carboxylic acids is 1. The van der Waals surface area contributed by atoms with E-state index in [2.05, 4.69) is 27.9 Å². The van der Waals surface area contributed by atoms with Gasteiger partial charge in [0.05, 0.1) is 0 Å². The fourth-order valence-corrected chi connectivity index (χ4v) is 1.36. The standard InChI is InChI=1S/C10H10INO/c1-8(13)12-7-10(11)9-5-3-2-4-6-9/h2-7H,1H3,(H,12,13). The maximum atomic E-state index is 10.6. The number of amides is 1. The van der Waals surface area contributed by atoms with Crippen LogP contribution in [-0.2, 0) is 4.79 Å². The Labute approximate surface area is 91.2 Å². The van der Waals surface area contributed by atoms with Crippen LogP contribution in [0.15, 0.2) is 36.5 Å². The molecule has 0 saturated carbocycles. The third-order valence-electron chi connectivity index (χ3n) is 1.45. The van der Waals surface area contributed by atoms with Gasteiger partial charge < -0.3 is 5.32 Å². The molecule has 68 valence electrons. The summed E-state index contributed by atoms with van der Waals surface area (Å²) in [7, 11) is 0. The molecule has 0 saturated heterocycles. The SMILES string of the molecule is CC(=O)NC=C(I)c1ccccc1. The van der Waals surface area contributed by atoms with E-state index in [1.807, 2.05) is 30.3 Å². The second kappa shape index (κ2) is 5.01. The summed E-state index contributed by atoms with van der Waals surface area (Å²) in [5.41, 5.74) is 1.11. The molecule has 0 aromatic heterocycles. The summed E-state index contributed by atoms with van der Waals surface area (Å²) in [5, 5.41) is 2.64. The highest BCUT2D eigenvalue weighted by molar-refractivity contribution is 14.1. The lowest BCUT2D eigenvalue weighted by Gasteiger charge is -1.99. The van der Waals surface area contributed by atoms with Crippen molar-refractivity contribution < 1.29 is 4.79 Å². The molecule has 0 unspecified atom stereocenters. The molecule has 2 nitrogen and oxygen atoms in total. The van der Waals surface area contributed by atoms with Crippen LogP contribution in [0.5, 0.6) is 0 Å². The van der Waals surface area contributed by atoms with Gasteiger partial charge in [0.15, 0.2) is 0 Å². The van der Waals surface area contributed by atoms with Crippen LogP contribution in [0, 0.1) is 0 Å².